The monoisotopic (exact) mass is 255 g/mol. The van der Waals surface area contributed by atoms with Crippen molar-refractivity contribution in [3.8, 4) is 5.75 Å². The molecule has 1 atom stereocenters. The second-order valence-electron chi connectivity index (χ2n) is 3.33. The van der Waals surface area contributed by atoms with Gasteiger partial charge in [-0.1, -0.05) is 22.0 Å². The summed E-state index contributed by atoms with van der Waals surface area (Å²) in [6, 6.07) is 5.75. The lowest BCUT2D eigenvalue weighted by Gasteiger charge is -2.23. The van der Waals surface area contributed by atoms with E-state index in [1.54, 1.807) is 13.2 Å². The second kappa shape index (κ2) is 4.15. The van der Waals surface area contributed by atoms with Crippen LogP contribution in [-0.2, 0) is 5.54 Å². The standard InChI is InChI=1S/C11H14BrNO/c1-4-11(2,13)9-7-8(12)5-6-10(9)14-3/h4-7H,1,13H2,2-3H3/t11-/m0/s1. The van der Waals surface area contributed by atoms with E-state index in [-0.39, 0.29) is 0 Å². The fourth-order valence-corrected chi connectivity index (χ4v) is 1.57. The molecule has 0 bridgehead atoms. The van der Waals surface area contributed by atoms with Gasteiger partial charge in [0.25, 0.3) is 0 Å². The number of ether oxygens (including phenoxy) is 1. The highest BCUT2D eigenvalue weighted by Crippen LogP contribution is 2.31. The molecule has 0 saturated heterocycles. The van der Waals surface area contributed by atoms with Crippen molar-refractivity contribution in [2.24, 2.45) is 5.73 Å². The molecule has 1 aromatic rings. The molecule has 0 unspecified atom stereocenters. The normalized spacial score (nSPS) is 14.6. The maximum Gasteiger partial charge on any atom is 0.124 e. The number of methoxy groups -OCH3 is 1. The molecule has 0 aliphatic carbocycles. The maximum atomic E-state index is 6.06. The highest BCUT2D eigenvalue weighted by Gasteiger charge is 2.21. The number of hydrogen-bond acceptors (Lipinski definition) is 2. The van der Waals surface area contributed by atoms with Crippen LogP contribution in [0.25, 0.3) is 0 Å². The molecule has 14 heavy (non-hydrogen) atoms. The first-order valence-corrected chi connectivity index (χ1v) is 5.07. The molecule has 0 radical (unpaired) electrons. The van der Waals surface area contributed by atoms with E-state index in [1.807, 2.05) is 25.1 Å². The van der Waals surface area contributed by atoms with E-state index in [2.05, 4.69) is 22.5 Å². The Balaban J connectivity index is 3.30. The van der Waals surface area contributed by atoms with Gasteiger partial charge in [-0.15, -0.1) is 6.58 Å². The van der Waals surface area contributed by atoms with Gasteiger partial charge in [0.1, 0.15) is 5.75 Å². The van der Waals surface area contributed by atoms with E-state index in [0.717, 1.165) is 15.8 Å². The lowest BCUT2D eigenvalue weighted by atomic mass is 9.93. The zero-order chi connectivity index (χ0) is 10.8. The Bertz CT molecular complexity index is 347. The molecule has 0 fully saturated rings. The molecule has 1 aromatic carbocycles. The molecule has 0 aromatic heterocycles. The zero-order valence-corrected chi connectivity index (χ0v) is 9.97. The highest BCUT2D eigenvalue weighted by atomic mass is 79.9. The Kier molecular flexibility index (Phi) is 3.34. The van der Waals surface area contributed by atoms with Gasteiger partial charge in [-0.2, -0.15) is 0 Å². The lowest BCUT2D eigenvalue weighted by Crippen LogP contribution is -2.30. The molecule has 0 aliphatic rings. The quantitative estimate of drug-likeness (QED) is 0.844. The van der Waals surface area contributed by atoms with Crippen LogP contribution in [0.3, 0.4) is 0 Å². The third kappa shape index (κ3) is 2.16. The summed E-state index contributed by atoms with van der Waals surface area (Å²) in [6.07, 6.45) is 1.71. The molecule has 0 saturated carbocycles. The first-order valence-electron chi connectivity index (χ1n) is 4.27. The minimum atomic E-state index is -0.574. The topological polar surface area (TPSA) is 35.2 Å². The third-order valence-corrected chi connectivity index (χ3v) is 2.66. The van der Waals surface area contributed by atoms with Crippen LogP contribution in [0.2, 0.25) is 0 Å². The van der Waals surface area contributed by atoms with Crippen LogP contribution in [0.15, 0.2) is 35.3 Å². The zero-order valence-electron chi connectivity index (χ0n) is 8.38. The molecule has 76 valence electrons. The van der Waals surface area contributed by atoms with Gasteiger partial charge in [-0.05, 0) is 25.1 Å². The molecule has 2 nitrogen and oxygen atoms in total. The van der Waals surface area contributed by atoms with Gasteiger partial charge in [0.2, 0.25) is 0 Å². The van der Waals surface area contributed by atoms with E-state index >= 15 is 0 Å². The fourth-order valence-electron chi connectivity index (χ4n) is 1.21. The van der Waals surface area contributed by atoms with Crippen LogP contribution in [0, 0.1) is 0 Å². The summed E-state index contributed by atoms with van der Waals surface area (Å²) in [4.78, 5) is 0. The van der Waals surface area contributed by atoms with Crippen LogP contribution in [0.5, 0.6) is 5.75 Å². The van der Waals surface area contributed by atoms with Crippen molar-refractivity contribution in [2.75, 3.05) is 7.11 Å². The van der Waals surface area contributed by atoms with E-state index in [1.165, 1.54) is 0 Å². The summed E-state index contributed by atoms with van der Waals surface area (Å²) in [6.45, 7) is 5.61. The Morgan fingerprint density at radius 1 is 1.57 bits per heavy atom. The average molecular weight is 256 g/mol. The minimum absolute atomic E-state index is 0.574. The SMILES string of the molecule is C=C[C@](C)(N)c1cc(Br)ccc1OC. The Morgan fingerprint density at radius 3 is 2.71 bits per heavy atom. The van der Waals surface area contributed by atoms with Gasteiger partial charge in [0, 0.05) is 10.0 Å². The number of nitrogens with two attached hydrogens (primary N) is 1. The summed E-state index contributed by atoms with van der Waals surface area (Å²) in [7, 11) is 1.63. The van der Waals surface area contributed by atoms with Crippen LogP contribution in [0.4, 0.5) is 0 Å². The van der Waals surface area contributed by atoms with Crippen LogP contribution >= 0.6 is 15.9 Å². The van der Waals surface area contributed by atoms with E-state index in [9.17, 15) is 0 Å². The van der Waals surface area contributed by atoms with Crippen molar-refractivity contribution in [3.63, 3.8) is 0 Å². The third-order valence-electron chi connectivity index (χ3n) is 2.17. The molecule has 0 spiro atoms. The van der Waals surface area contributed by atoms with E-state index < -0.39 is 5.54 Å². The summed E-state index contributed by atoms with van der Waals surface area (Å²) in [5.74, 6) is 0.776. The van der Waals surface area contributed by atoms with Gasteiger partial charge in [-0.25, -0.2) is 0 Å². The predicted molar refractivity (Wildman–Crippen MR) is 62.4 cm³/mol. The smallest absolute Gasteiger partial charge is 0.124 e. The van der Waals surface area contributed by atoms with Crippen molar-refractivity contribution in [2.45, 2.75) is 12.5 Å². The Morgan fingerprint density at radius 2 is 2.21 bits per heavy atom. The molecule has 2 N–H and O–H groups in total. The molecule has 0 aliphatic heterocycles. The van der Waals surface area contributed by atoms with Crippen molar-refractivity contribution >= 4 is 15.9 Å². The summed E-state index contributed by atoms with van der Waals surface area (Å²) >= 11 is 3.40. The first-order chi connectivity index (χ1) is 6.51. The number of hydrogen-bond donors (Lipinski definition) is 1. The van der Waals surface area contributed by atoms with E-state index in [4.69, 9.17) is 10.5 Å². The molecule has 0 amide bonds. The fraction of sp³-hybridized carbons (Fsp3) is 0.273. The Hall–Kier alpha value is -0.800. The van der Waals surface area contributed by atoms with Crippen LogP contribution < -0.4 is 10.5 Å². The predicted octanol–water partition coefficient (Wildman–Crippen LogP) is 2.82. The van der Waals surface area contributed by atoms with Crippen molar-refractivity contribution in [3.05, 3.63) is 40.9 Å². The van der Waals surface area contributed by atoms with Gasteiger partial charge in [0.15, 0.2) is 0 Å². The van der Waals surface area contributed by atoms with Crippen molar-refractivity contribution in [1.29, 1.82) is 0 Å². The molecule has 1 rings (SSSR count). The summed E-state index contributed by atoms with van der Waals surface area (Å²) < 4.78 is 6.22. The molecular weight excluding hydrogens is 242 g/mol. The molecule has 0 heterocycles. The number of benzene rings is 1. The van der Waals surface area contributed by atoms with Crippen LogP contribution in [-0.4, -0.2) is 7.11 Å². The summed E-state index contributed by atoms with van der Waals surface area (Å²) in [5, 5.41) is 0. The van der Waals surface area contributed by atoms with E-state index in [0.29, 0.717) is 0 Å². The van der Waals surface area contributed by atoms with Crippen molar-refractivity contribution in [1.82, 2.24) is 0 Å². The minimum Gasteiger partial charge on any atom is -0.496 e. The lowest BCUT2D eigenvalue weighted by molar-refractivity contribution is 0.400. The molecular formula is C11H14BrNO. The van der Waals surface area contributed by atoms with Gasteiger partial charge < -0.3 is 10.5 Å². The molecule has 3 heteroatoms. The van der Waals surface area contributed by atoms with Crippen molar-refractivity contribution < 1.29 is 4.74 Å². The second-order valence-corrected chi connectivity index (χ2v) is 4.25. The average Bonchev–Trinajstić information content (AvgIpc) is 2.18. The highest BCUT2D eigenvalue weighted by molar-refractivity contribution is 9.10. The number of halogens is 1. The van der Waals surface area contributed by atoms with Gasteiger partial charge in [0.05, 0.1) is 12.6 Å². The summed E-state index contributed by atoms with van der Waals surface area (Å²) in [5.41, 5.74) is 6.41. The largest absolute Gasteiger partial charge is 0.496 e. The van der Waals surface area contributed by atoms with Gasteiger partial charge in [-0.3, -0.25) is 0 Å². The maximum absolute atomic E-state index is 6.06. The van der Waals surface area contributed by atoms with Crippen LogP contribution in [0.1, 0.15) is 12.5 Å². The van der Waals surface area contributed by atoms with Gasteiger partial charge >= 0.3 is 0 Å². The number of rotatable bonds is 3. The first kappa shape index (κ1) is 11.3. The Labute approximate surface area is 92.9 Å².